The molecule has 4 aromatic rings. The first-order chi connectivity index (χ1) is 21.2. The quantitative estimate of drug-likeness (QED) is 0.245. The first kappa shape index (κ1) is 33.4. The van der Waals surface area contributed by atoms with Gasteiger partial charge < -0.3 is 20.0 Å². The number of thiazole rings is 2. The number of anilines is 1. The van der Waals surface area contributed by atoms with Crippen molar-refractivity contribution in [3.05, 3.63) is 41.1 Å². The van der Waals surface area contributed by atoms with Crippen molar-refractivity contribution in [2.75, 3.05) is 57.3 Å². The minimum atomic E-state index is 0. The van der Waals surface area contributed by atoms with Crippen molar-refractivity contribution in [2.45, 2.75) is 83.7 Å². The molecule has 8 heterocycles. The van der Waals surface area contributed by atoms with Crippen LogP contribution in [0.1, 0.15) is 71.6 Å². The summed E-state index contributed by atoms with van der Waals surface area (Å²) in [5, 5.41) is 4.58. The summed E-state index contributed by atoms with van der Waals surface area (Å²) in [6, 6.07) is 9.64. The Kier molecular flexibility index (Phi) is 13.0. The molecule has 0 aliphatic carbocycles. The van der Waals surface area contributed by atoms with Crippen LogP contribution in [0.25, 0.3) is 20.7 Å². The summed E-state index contributed by atoms with van der Waals surface area (Å²) >= 11 is 8.87. The fourth-order valence-corrected chi connectivity index (χ4v) is 8.75. The molecule has 4 aliphatic heterocycles. The average Bonchev–Trinajstić information content (AvgIpc) is 3.70. The first-order valence-electron chi connectivity index (χ1n) is 16.3. The molecule has 0 radical (unpaired) electrons. The first-order valence-corrected chi connectivity index (χ1v) is 18.3. The van der Waals surface area contributed by atoms with Crippen LogP contribution in [-0.2, 0) is 0 Å². The fraction of sp³-hybridized carbons (Fsp3) is 0.636. The average molecular weight is 657 g/mol. The van der Waals surface area contributed by atoms with Crippen LogP contribution in [0.2, 0.25) is 4.47 Å². The molecule has 0 unspecified atom stereocenters. The van der Waals surface area contributed by atoms with Gasteiger partial charge in [0.25, 0.3) is 0 Å². The second kappa shape index (κ2) is 17.1. The molecule has 0 bridgehead atoms. The van der Waals surface area contributed by atoms with E-state index in [4.69, 9.17) is 16.6 Å². The fourth-order valence-electron chi connectivity index (χ4n) is 6.80. The van der Waals surface area contributed by atoms with Gasteiger partial charge in [0.2, 0.25) is 0 Å². The lowest BCUT2D eigenvalue weighted by atomic mass is 10.0. The maximum absolute atomic E-state index is 5.65. The number of hydrogen-bond acceptors (Lipinski definition) is 10. The van der Waals surface area contributed by atoms with Gasteiger partial charge in [-0.1, -0.05) is 43.2 Å². The molecule has 0 aromatic carbocycles. The lowest BCUT2D eigenvalue weighted by molar-refractivity contribution is 0.136. The Morgan fingerprint density at radius 1 is 0.659 bits per heavy atom. The van der Waals surface area contributed by atoms with Crippen molar-refractivity contribution >= 4 is 60.1 Å². The van der Waals surface area contributed by atoms with Crippen LogP contribution in [-0.4, -0.2) is 94.2 Å². The van der Waals surface area contributed by atoms with Crippen LogP contribution in [0.5, 0.6) is 0 Å². The molecule has 4 aromatic heterocycles. The van der Waals surface area contributed by atoms with Crippen LogP contribution in [0.3, 0.4) is 0 Å². The normalized spacial score (nSPS) is 20.8. The number of nitrogens with one attached hydrogen (secondary N) is 1. The molecule has 0 spiro atoms. The van der Waals surface area contributed by atoms with Crippen molar-refractivity contribution in [1.82, 2.24) is 35.1 Å². The molecule has 0 saturated carbocycles. The summed E-state index contributed by atoms with van der Waals surface area (Å²) in [4.78, 5) is 24.9. The third kappa shape index (κ3) is 9.07. The summed E-state index contributed by atoms with van der Waals surface area (Å²) in [5.41, 5.74) is 1.63. The van der Waals surface area contributed by atoms with Gasteiger partial charge >= 0.3 is 0 Å². The molecule has 8 nitrogen and oxygen atoms in total. The van der Waals surface area contributed by atoms with Gasteiger partial charge in [-0.15, -0.1) is 11.3 Å². The Hall–Kier alpha value is -1.95. The van der Waals surface area contributed by atoms with Gasteiger partial charge in [-0.3, -0.25) is 0 Å². The summed E-state index contributed by atoms with van der Waals surface area (Å²) in [5.74, 6) is 0. The number of hydrogen-bond donors (Lipinski definition) is 1. The Labute approximate surface area is 276 Å². The SMILES string of the molecule is C.C1CCN(C2CCNCC2)CC1.Clc1nc2ncccc2s1.c1cnc2nc(N3CCC(N4CCCCC4)CC3)sc2c1. The van der Waals surface area contributed by atoms with Gasteiger partial charge in [0, 0.05) is 37.6 Å². The molecular weight excluding hydrogens is 608 g/mol. The molecule has 11 heteroatoms. The highest BCUT2D eigenvalue weighted by atomic mass is 35.5. The van der Waals surface area contributed by atoms with E-state index in [1.165, 1.54) is 120 Å². The minimum Gasteiger partial charge on any atom is -0.348 e. The Bertz CT molecular complexity index is 1300. The standard InChI is InChI=1S/C16H22N4S.C10H20N2.C6H3ClN2S.CH4/c1-2-9-19(10-3-1)13-6-11-20(12-7-13)16-18-15-14(21-16)5-4-8-17-15;1-2-8-12(9-3-1)10-4-6-11-7-5-10;7-6-9-5-4(10-6)2-1-3-8-5;/h4-5,8,13H,1-3,6-7,9-12H2;10-11H,1-9H2;1-3H;1H4. The van der Waals surface area contributed by atoms with E-state index in [0.717, 1.165) is 46.3 Å². The highest BCUT2D eigenvalue weighted by Crippen LogP contribution is 2.30. The second-order valence-electron chi connectivity index (χ2n) is 12.0. The largest absolute Gasteiger partial charge is 0.348 e. The summed E-state index contributed by atoms with van der Waals surface area (Å²) < 4.78 is 2.78. The van der Waals surface area contributed by atoms with Gasteiger partial charge in [0.05, 0.1) is 9.40 Å². The zero-order valence-corrected chi connectivity index (χ0v) is 27.6. The minimum absolute atomic E-state index is 0. The van der Waals surface area contributed by atoms with Gasteiger partial charge in [-0.05, 0) is 115 Å². The monoisotopic (exact) mass is 656 g/mol. The zero-order valence-electron chi connectivity index (χ0n) is 25.2. The van der Waals surface area contributed by atoms with Crippen LogP contribution >= 0.6 is 34.3 Å². The van der Waals surface area contributed by atoms with E-state index >= 15 is 0 Å². The van der Waals surface area contributed by atoms with Crippen molar-refractivity contribution in [3.63, 3.8) is 0 Å². The van der Waals surface area contributed by atoms with E-state index in [1.54, 1.807) is 17.5 Å². The molecule has 4 saturated heterocycles. The molecule has 1 N–H and O–H groups in total. The van der Waals surface area contributed by atoms with Gasteiger partial charge in [0.1, 0.15) is 0 Å². The van der Waals surface area contributed by atoms with Crippen molar-refractivity contribution in [1.29, 1.82) is 0 Å². The van der Waals surface area contributed by atoms with E-state index in [0.29, 0.717) is 4.47 Å². The third-order valence-corrected chi connectivity index (χ3v) is 11.3. The maximum Gasteiger partial charge on any atom is 0.188 e. The molecule has 0 amide bonds. The molecule has 44 heavy (non-hydrogen) atoms. The van der Waals surface area contributed by atoms with Crippen LogP contribution in [0.4, 0.5) is 5.13 Å². The number of aromatic nitrogens is 4. The van der Waals surface area contributed by atoms with E-state index in [1.807, 2.05) is 24.4 Å². The number of pyridine rings is 2. The zero-order chi connectivity index (χ0) is 29.3. The van der Waals surface area contributed by atoms with Crippen LogP contribution in [0.15, 0.2) is 36.7 Å². The summed E-state index contributed by atoms with van der Waals surface area (Å²) in [6.07, 6.45) is 17.4. The predicted octanol–water partition coefficient (Wildman–Crippen LogP) is 7.35. The summed E-state index contributed by atoms with van der Waals surface area (Å²) in [7, 11) is 0. The number of likely N-dealkylation sites (tertiary alicyclic amines) is 2. The molecule has 4 aliphatic rings. The maximum atomic E-state index is 5.65. The van der Waals surface area contributed by atoms with E-state index in [9.17, 15) is 0 Å². The highest BCUT2D eigenvalue weighted by molar-refractivity contribution is 7.22. The van der Waals surface area contributed by atoms with Gasteiger partial charge in [0.15, 0.2) is 20.9 Å². The highest BCUT2D eigenvalue weighted by Gasteiger charge is 2.27. The van der Waals surface area contributed by atoms with Gasteiger partial charge in [-0.2, -0.15) is 4.98 Å². The van der Waals surface area contributed by atoms with Crippen molar-refractivity contribution < 1.29 is 0 Å². The molecule has 8 rings (SSSR count). The Morgan fingerprint density at radius 3 is 1.73 bits per heavy atom. The molecule has 4 fully saturated rings. The Balaban J connectivity index is 0.000000142. The van der Waals surface area contributed by atoms with Crippen molar-refractivity contribution in [2.24, 2.45) is 0 Å². The third-order valence-electron chi connectivity index (χ3n) is 9.15. The van der Waals surface area contributed by atoms with Crippen LogP contribution < -0.4 is 10.2 Å². The predicted molar refractivity (Wildman–Crippen MR) is 189 cm³/mol. The number of piperidine rings is 4. The number of nitrogens with zero attached hydrogens (tertiary/aromatic N) is 7. The van der Waals surface area contributed by atoms with E-state index in [-0.39, 0.29) is 7.43 Å². The number of rotatable bonds is 3. The van der Waals surface area contributed by atoms with Crippen LogP contribution in [0, 0.1) is 0 Å². The summed E-state index contributed by atoms with van der Waals surface area (Å²) in [6.45, 7) is 10.1. The van der Waals surface area contributed by atoms with E-state index < -0.39 is 0 Å². The number of halogens is 1. The smallest absolute Gasteiger partial charge is 0.188 e. The molecule has 240 valence electrons. The number of fused-ring (bicyclic) bond motifs is 2. The van der Waals surface area contributed by atoms with Crippen molar-refractivity contribution in [3.8, 4) is 0 Å². The second-order valence-corrected chi connectivity index (χ2v) is 14.6. The van der Waals surface area contributed by atoms with Gasteiger partial charge in [-0.25, -0.2) is 15.0 Å². The topological polar surface area (TPSA) is 73.3 Å². The lowest BCUT2D eigenvalue weighted by Gasteiger charge is -2.40. The van der Waals surface area contributed by atoms with E-state index in [2.05, 4.69) is 41.0 Å². The lowest BCUT2D eigenvalue weighted by Crippen LogP contribution is -2.46. The Morgan fingerprint density at radius 2 is 1.18 bits per heavy atom. The molecule has 0 atom stereocenters. The molecular formula is C33H49ClN8S2.